The van der Waals surface area contributed by atoms with E-state index in [1.54, 1.807) is 10.6 Å². The Balaban J connectivity index is 1.63. The molecule has 0 unspecified atom stereocenters. The fourth-order valence-corrected chi connectivity index (χ4v) is 3.09. The molecule has 0 spiro atoms. The molecule has 5 nitrogen and oxygen atoms in total. The van der Waals surface area contributed by atoms with Gasteiger partial charge in [0.1, 0.15) is 5.82 Å². The number of rotatable bonds is 5. The molecule has 27 heavy (non-hydrogen) atoms. The lowest BCUT2D eigenvalue weighted by Crippen LogP contribution is -1.96. The first-order valence-corrected chi connectivity index (χ1v) is 8.95. The van der Waals surface area contributed by atoms with Gasteiger partial charge >= 0.3 is 0 Å². The number of nitrogens with zero attached hydrogens (tertiary/aromatic N) is 3. The topological polar surface area (TPSA) is 55.4 Å². The smallest absolute Gasteiger partial charge is 0.191 e. The van der Waals surface area contributed by atoms with Crippen LogP contribution in [0.5, 0.6) is 0 Å². The molecule has 1 N–H and O–H groups in total. The lowest BCUT2D eigenvalue weighted by atomic mass is 10.1. The lowest BCUT2D eigenvalue weighted by molar-refractivity contribution is 0.534. The third-order valence-corrected chi connectivity index (χ3v) is 4.25. The van der Waals surface area contributed by atoms with Crippen molar-refractivity contribution in [3.05, 3.63) is 66.3 Å². The summed E-state index contributed by atoms with van der Waals surface area (Å²) in [5.41, 5.74) is 4.08. The molecule has 0 bridgehead atoms. The largest absolute Gasteiger partial charge is 0.441 e. The van der Waals surface area contributed by atoms with Crippen LogP contribution in [-0.2, 0) is 6.42 Å². The van der Waals surface area contributed by atoms with Gasteiger partial charge in [0.25, 0.3) is 0 Å². The summed E-state index contributed by atoms with van der Waals surface area (Å²) >= 11 is 0. The number of fused-ring (bicyclic) bond motifs is 1. The highest BCUT2D eigenvalue weighted by Crippen LogP contribution is 2.26. The zero-order valence-corrected chi connectivity index (χ0v) is 15.5. The van der Waals surface area contributed by atoms with E-state index in [0.717, 1.165) is 29.1 Å². The van der Waals surface area contributed by atoms with E-state index >= 15 is 0 Å². The van der Waals surface area contributed by atoms with Gasteiger partial charge in [-0.05, 0) is 36.6 Å². The van der Waals surface area contributed by atoms with Crippen molar-refractivity contribution >= 4 is 17.0 Å². The number of hydrogen-bond donors (Lipinski definition) is 1. The summed E-state index contributed by atoms with van der Waals surface area (Å²) < 4.78 is 21.3. The van der Waals surface area contributed by atoms with E-state index in [1.807, 2.05) is 37.4 Å². The van der Waals surface area contributed by atoms with E-state index in [2.05, 4.69) is 29.1 Å². The highest BCUT2D eigenvalue weighted by atomic mass is 19.1. The Morgan fingerprint density at radius 2 is 1.96 bits per heavy atom. The standard InChI is InChI=1S/C21H21FN4O/c1-13(2)8-18-12-26-11-16(22)9-19(21(26)25-18)24-17-6-4-15(5-7-17)20-10-23-14(3)27-20/h4-7,9-13,24H,8H2,1-3H3. The van der Waals surface area contributed by atoms with Crippen molar-refractivity contribution in [3.63, 3.8) is 0 Å². The number of aryl methyl sites for hydroxylation is 1. The minimum absolute atomic E-state index is 0.313. The number of imidazole rings is 1. The molecule has 0 atom stereocenters. The molecule has 0 saturated heterocycles. The Hall–Kier alpha value is -3.15. The summed E-state index contributed by atoms with van der Waals surface area (Å²) in [6, 6.07) is 9.19. The van der Waals surface area contributed by atoms with Crippen molar-refractivity contribution in [1.29, 1.82) is 0 Å². The van der Waals surface area contributed by atoms with Crippen LogP contribution in [0, 0.1) is 18.7 Å². The monoisotopic (exact) mass is 364 g/mol. The maximum absolute atomic E-state index is 14.1. The zero-order valence-electron chi connectivity index (χ0n) is 15.5. The minimum atomic E-state index is -0.313. The third kappa shape index (κ3) is 3.69. The summed E-state index contributed by atoms with van der Waals surface area (Å²) in [5.74, 6) is 1.53. The van der Waals surface area contributed by atoms with Crippen LogP contribution in [0.4, 0.5) is 15.8 Å². The van der Waals surface area contributed by atoms with Gasteiger partial charge in [0.2, 0.25) is 0 Å². The summed E-state index contributed by atoms with van der Waals surface area (Å²) in [7, 11) is 0. The molecule has 3 heterocycles. The Labute approximate surface area is 156 Å². The Bertz CT molecular complexity index is 1080. The number of pyridine rings is 1. The molecule has 0 fully saturated rings. The second-order valence-corrected chi connectivity index (χ2v) is 7.08. The Morgan fingerprint density at radius 1 is 1.19 bits per heavy atom. The molecule has 6 heteroatoms. The van der Waals surface area contributed by atoms with Crippen LogP contribution in [0.3, 0.4) is 0 Å². The van der Waals surface area contributed by atoms with Gasteiger partial charge in [-0.3, -0.25) is 0 Å². The molecule has 0 saturated carbocycles. The fourth-order valence-electron chi connectivity index (χ4n) is 3.09. The van der Waals surface area contributed by atoms with E-state index in [4.69, 9.17) is 4.42 Å². The first-order valence-electron chi connectivity index (χ1n) is 8.95. The zero-order chi connectivity index (χ0) is 19.0. The van der Waals surface area contributed by atoms with Crippen LogP contribution in [0.25, 0.3) is 17.0 Å². The number of nitrogens with one attached hydrogen (secondary N) is 1. The number of anilines is 2. The summed E-state index contributed by atoms with van der Waals surface area (Å²) in [4.78, 5) is 8.78. The number of hydrogen-bond acceptors (Lipinski definition) is 4. The molecule has 3 aromatic heterocycles. The van der Waals surface area contributed by atoms with Crippen LogP contribution in [0.1, 0.15) is 25.4 Å². The van der Waals surface area contributed by atoms with E-state index in [0.29, 0.717) is 23.1 Å². The molecule has 0 aliphatic heterocycles. The summed E-state index contributed by atoms with van der Waals surface area (Å²) in [5, 5.41) is 3.27. The van der Waals surface area contributed by atoms with Gasteiger partial charge in [-0.2, -0.15) is 0 Å². The maximum atomic E-state index is 14.1. The average Bonchev–Trinajstić information content (AvgIpc) is 3.21. The Morgan fingerprint density at radius 3 is 2.63 bits per heavy atom. The van der Waals surface area contributed by atoms with Crippen LogP contribution >= 0.6 is 0 Å². The molecule has 4 rings (SSSR count). The minimum Gasteiger partial charge on any atom is -0.441 e. The van der Waals surface area contributed by atoms with Crippen molar-refractivity contribution in [2.24, 2.45) is 5.92 Å². The lowest BCUT2D eigenvalue weighted by Gasteiger charge is -2.08. The summed E-state index contributed by atoms with van der Waals surface area (Å²) in [6.45, 7) is 6.09. The molecule has 0 amide bonds. The highest BCUT2D eigenvalue weighted by molar-refractivity contribution is 5.75. The SMILES string of the molecule is Cc1ncc(-c2ccc(Nc3cc(F)cn4cc(CC(C)C)nc34)cc2)o1. The summed E-state index contributed by atoms with van der Waals surface area (Å²) in [6.07, 6.45) is 5.90. The second kappa shape index (κ2) is 6.87. The van der Waals surface area contributed by atoms with Crippen molar-refractivity contribution in [3.8, 4) is 11.3 Å². The predicted octanol–water partition coefficient (Wildman–Crippen LogP) is 5.38. The van der Waals surface area contributed by atoms with Crippen LogP contribution in [0.2, 0.25) is 0 Å². The number of benzene rings is 1. The van der Waals surface area contributed by atoms with Gasteiger partial charge in [-0.15, -0.1) is 0 Å². The number of halogens is 1. The molecular formula is C21H21FN4O. The van der Waals surface area contributed by atoms with Crippen LogP contribution in [0.15, 0.2) is 53.3 Å². The normalized spacial score (nSPS) is 11.4. The molecule has 1 aromatic carbocycles. The quantitative estimate of drug-likeness (QED) is 0.517. The van der Waals surface area contributed by atoms with Crippen LogP contribution < -0.4 is 5.32 Å². The molecule has 0 radical (unpaired) electrons. The molecule has 0 aliphatic carbocycles. The molecule has 4 aromatic rings. The van der Waals surface area contributed by atoms with E-state index in [1.165, 1.54) is 12.3 Å². The maximum Gasteiger partial charge on any atom is 0.191 e. The first-order chi connectivity index (χ1) is 13.0. The van der Waals surface area contributed by atoms with Gasteiger partial charge in [-0.25, -0.2) is 14.4 Å². The van der Waals surface area contributed by atoms with Crippen molar-refractivity contribution in [2.75, 3.05) is 5.32 Å². The fraction of sp³-hybridized carbons (Fsp3) is 0.238. The second-order valence-electron chi connectivity index (χ2n) is 7.08. The number of oxazole rings is 1. The van der Waals surface area contributed by atoms with Gasteiger partial charge in [0, 0.05) is 36.6 Å². The van der Waals surface area contributed by atoms with E-state index in [-0.39, 0.29) is 5.82 Å². The molecular weight excluding hydrogens is 343 g/mol. The third-order valence-electron chi connectivity index (χ3n) is 4.25. The van der Waals surface area contributed by atoms with Gasteiger partial charge in [0.15, 0.2) is 17.3 Å². The molecule has 138 valence electrons. The Kier molecular flexibility index (Phi) is 4.39. The van der Waals surface area contributed by atoms with Crippen molar-refractivity contribution in [1.82, 2.24) is 14.4 Å². The van der Waals surface area contributed by atoms with Gasteiger partial charge in [-0.1, -0.05) is 13.8 Å². The van der Waals surface area contributed by atoms with Crippen molar-refractivity contribution < 1.29 is 8.81 Å². The number of aromatic nitrogens is 3. The predicted molar refractivity (Wildman–Crippen MR) is 104 cm³/mol. The molecule has 0 aliphatic rings. The van der Waals surface area contributed by atoms with E-state index in [9.17, 15) is 4.39 Å². The van der Waals surface area contributed by atoms with Crippen LogP contribution in [-0.4, -0.2) is 14.4 Å². The van der Waals surface area contributed by atoms with Gasteiger partial charge in [0.05, 0.1) is 17.6 Å². The van der Waals surface area contributed by atoms with Crippen molar-refractivity contribution in [2.45, 2.75) is 27.2 Å². The average molecular weight is 364 g/mol. The first kappa shape index (κ1) is 17.3. The van der Waals surface area contributed by atoms with Gasteiger partial charge < -0.3 is 14.1 Å². The van der Waals surface area contributed by atoms with E-state index < -0.39 is 0 Å². The highest BCUT2D eigenvalue weighted by Gasteiger charge is 2.11.